The normalized spacial score (nSPS) is 18.9. The lowest BCUT2D eigenvalue weighted by atomic mass is 9.86. The number of rotatable bonds is 7. The number of allylic oxidation sites excluding steroid dienone is 1. The number of pyridine rings is 1. The van der Waals surface area contributed by atoms with Gasteiger partial charge in [0.1, 0.15) is 22.9 Å². The molecular formula is C29H29FN4O4. The Balaban J connectivity index is 1.44. The van der Waals surface area contributed by atoms with E-state index < -0.39 is 11.7 Å². The van der Waals surface area contributed by atoms with E-state index >= 15 is 0 Å². The van der Waals surface area contributed by atoms with Crippen molar-refractivity contribution in [2.45, 2.75) is 19.8 Å². The van der Waals surface area contributed by atoms with Crippen LogP contribution in [0.4, 0.5) is 10.1 Å². The second-order valence-corrected chi connectivity index (χ2v) is 9.69. The maximum Gasteiger partial charge on any atom is 0.254 e. The molecule has 1 aromatic heterocycles. The molecule has 0 aliphatic carbocycles. The van der Waals surface area contributed by atoms with Crippen LogP contribution < -0.4 is 20.1 Å². The molecule has 2 fully saturated rings. The lowest BCUT2D eigenvalue weighted by Crippen LogP contribution is -2.33. The van der Waals surface area contributed by atoms with E-state index in [1.165, 1.54) is 18.3 Å². The standard InChI is InChI=1S/C29H29FN4O4/c1-2-5-26(35)34-15-12-29(19-34)11-14-33(18-29)24-17-22(38-28-23(27(31)36)8-4-13-32-28)9-10-25(24)37-21-7-3-6-20(30)16-21/h2-10,13,16-17H,11-12,14-15,18-19H2,1H3,(H2,31,36)/b5-2+. The summed E-state index contributed by atoms with van der Waals surface area (Å²) in [6, 6.07) is 14.4. The molecule has 1 spiro atoms. The average Bonchev–Trinajstić information content (AvgIpc) is 3.52. The lowest BCUT2D eigenvalue weighted by Gasteiger charge is -2.27. The summed E-state index contributed by atoms with van der Waals surface area (Å²) < 4.78 is 25.9. The van der Waals surface area contributed by atoms with Crippen molar-refractivity contribution in [3.8, 4) is 23.1 Å². The van der Waals surface area contributed by atoms with Crippen LogP contribution in [-0.2, 0) is 4.79 Å². The van der Waals surface area contributed by atoms with Gasteiger partial charge < -0.3 is 25.0 Å². The van der Waals surface area contributed by atoms with Crippen molar-refractivity contribution in [2.75, 3.05) is 31.1 Å². The topological polar surface area (TPSA) is 98.0 Å². The predicted molar refractivity (Wildman–Crippen MR) is 141 cm³/mol. The van der Waals surface area contributed by atoms with E-state index in [4.69, 9.17) is 15.2 Å². The van der Waals surface area contributed by atoms with Gasteiger partial charge in [-0.25, -0.2) is 9.37 Å². The molecule has 2 saturated heterocycles. The minimum absolute atomic E-state index is 0.0235. The van der Waals surface area contributed by atoms with Gasteiger partial charge in [0.2, 0.25) is 11.8 Å². The van der Waals surface area contributed by atoms with Crippen molar-refractivity contribution in [3.63, 3.8) is 0 Å². The number of benzene rings is 2. The number of nitrogens with zero attached hydrogens (tertiary/aromatic N) is 3. The summed E-state index contributed by atoms with van der Waals surface area (Å²) in [6.45, 7) is 4.74. The van der Waals surface area contributed by atoms with E-state index in [0.29, 0.717) is 23.8 Å². The Morgan fingerprint density at radius 2 is 1.84 bits per heavy atom. The van der Waals surface area contributed by atoms with Gasteiger partial charge in [-0.05, 0) is 62.2 Å². The van der Waals surface area contributed by atoms with Gasteiger partial charge in [0, 0.05) is 49.9 Å². The Morgan fingerprint density at radius 1 is 1.03 bits per heavy atom. The summed E-state index contributed by atoms with van der Waals surface area (Å²) in [6.07, 6.45) is 6.73. The largest absolute Gasteiger partial charge is 0.455 e. The van der Waals surface area contributed by atoms with Crippen LogP contribution in [0.25, 0.3) is 0 Å². The van der Waals surface area contributed by atoms with E-state index in [9.17, 15) is 14.0 Å². The second kappa shape index (κ2) is 10.5. The van der Waals surface area contributed by atoms with Gasteiger partial charge in [-0.2, -0.15) is 0 Å². The van der Waals surface area contributed by atoms with Gasteiger partial charge in [0.05, 0.1) is 5.69 Å². The third-order valence-electron chi connectivity index (χ3n) is 7.04. The number of hydrogen-bond acceptors (Lipinski definition) is 6. The maximum absolute atomic E-state index is 13.8. The zero-order valence-corrected chi connectivity index (χ0v) is 21.1. The van der Waals surface area contributed by atoms with Gasteiger partial charge in [-0.3, -0.25) is 9.59 Å². The second-order valence-electron chi connectivity index (χ2n) is 9.69. The smallest absolute Gasteiger partial charge is 0.254 e. The highest BCUT2D eigenvalue weighted by atomic mass is 19.1. The fourth-order valence-corrected chi connectivity index (χ4v) is 5.17. The van der Waals surface area contributed by atoms with Gasteiger partial charge in [0.15, 0.2) is 5.75 Å². The molecule has 2 aromatic carbocycles. The molecule has 2 N–H and O–H groups in total. The fraction of sp³-hybridized carbons (Fsp3) is 0.276. The molecule has 0 radical (unpaired) electrons. The lowest BCUT2D eigenvalue weighted by molar-refractivity contribution is -0.125. The summed E-state index contributed by atoms with van der Waals surface area (Å²) >= 11 is 0. The van der Waals surface area contributed by atoms with E-state index in [-0.39, 0.29) is 22.8 Å². The van der Waals surface area contributed by atoms with E-state index in [1.807, 2.05) is 17.9 Å². The quantitative estimate of drug-likeness (QED) is 0.448. The van der Waals surface area contributed by atoms with Crippen molar-refractivity contribution >= 4 is 17.5 Å². The SMILES string of the molecule is C/C=C/C(=O)N1CCC2(CCN(c3cc(Oc4ncccc4C(N)=O)ccc3Oc3cccc(F)c3)C2)C1. The van der Waals surface area contributed by atoms with Crippen LogP contribution in [0.2, 0.25) is 0 Å². The molecule has 5 rings (SSSR count). The van der Waals surface area contributed by atoms with E-state index in [2.05, 4.69) is 9.88 Å². The minimum Gasteiger partial charge on any atom is -0.455 e. The first-order chi connectivity index (χ1) is 18.4. The first-order valence-corrected chi connectivity index (χ1v) is 12.5. The Kier molecular flexibility index (Phi) is 7.00. The molecule has 38 heavy (non-hydrogen) atoms. The highest BCUT2D eigenvalue weighted by Crippen LogP contribution is 2.45. The number of carbonyl (C=O) groups is 2. The Morgan fingerprint density at radius 3 is 2.63 bits per heavy atom. The van der Waals surface area contributed by atoms with Crippen LogP contribution in [0, 0.1) is 11.2 Å². The highest BCUT2D eigenvalue weighted by molar-refractivity contribution is 5.95. The monoisotopic (exact) mass is 516 g/mol. The molecule has 0 saturated carbocycles. The number of likely N-dealkylation sites (tertiary alicyclic amines) is 1. The minimum atomic E-state index is -0.640. The summed E-state index contributed by atoms with van der Waals surface area (Å²) in [5.74, 6) is 0.472. The molecule has 2 aliphatic rings. The molecule has 0 bridgehead atoms. The van der Waals surface area contributed by atoms with Crippen LogP contribution in [0.15, 0.2) is 72.9 Å². The third-order valence-corrected chi connectivity index (χ3v) is 7.04. The first-order valence-electron chi connectivity index (χ1n) is 12.5. The number of carbonyl (C=O) groups excluding carboxylic acids is 2. The van der Waals surface area contributed by atoms with E-state index in [1.54, 1.807) is 48.6 Å². The van der Waals surface area contributed by atoms with Crippen LogP contribution in [-0.4, -0.2) is 47.9 Å². The van der Waals surface area contributed by atoms with Crippen LogP contribution in [0.1, 0.15) is 30.1 Å². The van der Waals surface area contributed by atoms with Crippen LogP contribution >= 0.6 is 0 Å². The summed E-state index contributed by atoms with van der Waals surface area (Å²) in [4.78, 5) is 32.6. The molecule has 3 aromatic rings. The Hall–Kier alpha value is -4.40. The van der Waals surface area contributed by atoms with Crippen molar-refractivity contribution in [3.05, 3.63) is 84.3 Å². The number of anilines is 1. The van der Waals surface area contributed by atoms with Gasteiger partial charge >= 0.3 is 0 Å². The Bertz CT molecular complexity index is 1390. The van der Waals surface area contributed by atoms with Crippen molar-refractivity contribution in [1.29, 1.82) is 0 Å². The Labute approximate surface area is 220 Å². The van der Waals surface area contributed by atoms with Gasteiger partial charge in [0.25, 0.3) is 5.91 Å². The number of ether oxygens (including phenoxy) is 2. The van der Waals surface area contributed by atoms with Crippen LogP contribution in [0.3, 0.4) is 0 Å². The van der Waals surface area contributed by atoms with Crippen molar-refractivity contribution in [1.82, 2.24) is 9.88 Å². The number of hydrogen-bond donors (Lipinski definition) is 1. The molecule has 196 valence electrons. The van der Waals surface area contributed by atoms with Crippen molar-refractivity contribution in [2.24, 2.45) is 11.1 Å². The molecule has 1 unspecified atom stereocenters. The molecule has 9 heteroatoms. The fourth-order valence-electron chi connectivity index (χ4n) is 5.17. The van der Waals surface area contributed by atoms with Gasteiger partial charge in [-0.1, -0.05) is 12.1 Å². The molecule has 1 atom stereocenters. The summed E-state index contributed by atoms with van der Waals surface area (Å²) in [5.41, 5.74) is 6.40. The molecule has 8 nitrogen and oxygen atoms in total. The zero-order chi connectivity index (χ0) is 26.7. The van der Waals surface area contributed by atoms with E-state index in [0.717, 1.165) is 38.2 Å². The molecule has 2 amide bonds. The van der Waals surface area contributed by atoms with Crippen molar-refractivity contribution < 1.29 is 23.5 Å². The number of aromatic nitrogens is 1. The number of amides is 2. The van der Waals surface area contributed by atoms with Gasteiger partial charge in [-0.15, -0.1) is 0 Å². The zero-order valence-electron chi connectivity index (χ0n) is 21.1. The maximum atomic E-state index is 13.8. The summed E-state index contributed by atoms with van der Waals surface area (Å²) in [7, 11) is 0. The number of nitrogens with two attached hydrogens (primary N) is 1. The highest BCUT2D eigenvalue weighted by Gasteiger charge is 2.45. The molecule has 3 heterocycles. The average molecular weight is 517 g/mol. The summed E-state index contributed by atoms with van der Waals surface area (Å²) in [5, 5.41) is 0. The molecule has 2 aliphatic heterocycles. The van der Waals surface area contributed by atoms with Crippen LogP contribution in [0.5, 0.6) is 23.1 Å². The number of primary amides is 1. The predicted octanol–water partition coefficient (Wildman–Crippen LogP) is 4.91. The first kappa shape index (κ1) is 25.3. The number of halogens is 1. The molecular weight excluding hydrogens is 487 g/mol. The third kappa shape index (κ3) is 5.32.